The van der Waals surface area contributed by atoms with Crippen molar-refractivity contribution >= 4 is 23.5 Å². The summed E-state index contributed by atoms with van der Waals surface area (Å²) in [4.78, 5) is 24.8. The number of nitrogens with zero attached hydrogens (tertiary/aromatic N) is 1. The third kappa shape index (κ3) is 3.73. The molecule has 0 saturated carbocycles. The maximum atomic E-state index is 12.4. The van der Waals surface area contributed by atoms with E-state index in [4.69, 9.17) is 16.7 Å². The highest BCUT2D eigenvalue weighted by molar-refractivity contribution is 6.31. The number of likely N-dealkylation sites (tertiary alicyclic amines) is 1. The van der Waals surface area contributed by atoms with Gasteiger partial charge in [-0.3, -0.25) is 9.59 Å². The van der Waals surface area contributed by atoms with Gasteiger partial charge < -0.3 is 10.0 Å². The molecule has 1 aromatic rings. The number of piperidine rings is 1. The zero-order valence-corrected chi connectivity index (χ0v) is 12.2. The summed E-state index contributed by atoms with van der Waals surface area (Å²) in [5, 5.41) is 9.35. The standard InChI is InChI=1S/C15H18ClNO3/c1-10-6-12(9-13(16)7-10)15(20)17-4-2-11(3-5-17)8-14(18)19/h6-7,9,11H,2-5,8H2,1H3,(H,18,19). The molecule has 1 fully saturated rings. The van der Waals surface area contributed by atoms with Crippen molar-refractivity contribution in [3.8, 4) is 0 Å². The average molecular weight is 296 g/mol. The highest BCUT2D eigenvalue weighted by atomic mass is 35.5. The van der Waals surface area contributed by atoms with Crippen LogP contribution in [0.2, 0.25) is 5.02 Å². The van der Waals surface area contributed by atoms with Crippen molar-refractivity contribution in [2.24, 2.45) is 5.92 Å². The second kappa shape index (κ2) is 6.27. The van der Waals surface area contributed by atoms with E-state index in [0.717, 1.165) is 18.4 Å². The highest BCUT2D eigenvalue weighted by Gasteiger charge is 2.25. The quantitative estimate of drug-likeness (QED) is 0.932. The van der Waals surface area contributed by atoms with Crippen LogP contribution in [0.4, 0.5) is 0 Å². The van der Waals surface area contributed by atoms with Crippen LogP contribution < -0.4 is 0 Å². The van der Waals surface area contributed by atoms with E-state index in [1.54, 1.807) is 11.0 Å². The van der Waals surface area contributed by atoms with E-state index in [9.17, 15) is 9.59 Å². The molecule has 20 heavy (non-hydrogen) atoms. The predicted octanol–water partition coefficient (Wildman–Crippen LogP) is 2.98. The molecule has 0 atom stereocenters. The van der Waals surface area contributed by atoms with Crippen LogP contribution in [0.15, 0.2) is 18.2 Å². The molecule has 1 aromatic carbocycles. The molecule has 0 aromatic heterocycles. The van der Waals surface area contributed by atoms with Crippen LogP contribution in [0.1, 0.15) is 35.2 Å². The summed E-state index contributed by atoms with van der Waals surface area (Å²) >= 11 is 5.98. The number of hydrogen-bond donors (Lipinski definition) is 1. The molecule has 1 saturated heterocycles. The van der Waals surface area contributed by atoms with Gasteiger partial charge in [0.05, 0.1) is 0 Å². The van der Waals surface area contributed by atoms with Gasteiger partial charge in [0, 0.05) is 30.1 Å². The molecule has 1 aliphatic rings. The fourth-order valence-electron chi connectivity index (χ4n) is 2.63. The topological polar surface area (TPSA) is 57.6 Å². The summed E-state index contributed by atoms with van der Waals surface area (Å²) in [5.41, 5.74) is 1.56. The molecule has 0 bridgehead atoms. The van der Waals surface area contributed by atoms with Gasteiger partial charge in [-0.15, -0.1) is 0 Å². The predicted molar refractivity (Wildman–Crippen MR) is 77.1 cm³/mol. The van der Waals surface area contributed by atoms with Crippen LogP contribution in [0.3, 0.4) is 0 Å². The van der Waals surface area contributed by atoms with Crippen molar-refractivity contribution in [1.82, 2.24) is 4.90 Å². The maximum absolute atomic E-state index is 12.4. The Hall–Kier alpha value is -1.55. The summed E-state index contributed by atoms with van der Waals surface area (Å²) in [6.45, 7) is 3.13. The number of aliphatic carboxylic acids is 1. The lowest BCUT2D eigenvalue weighted by molar-refractivity contribution is -0.138. The number of aryl methyl sites for hydroxylation is 1. The van der Waals surface area contributed by atoms with Gasteiger partial charge in [-0.2, -0.15) is 0 Å². The Kier molecular flexibility index (Phi) is 4.65. The first-order chi connectivity index (χ1) is 9.45. The lowest BCUT2D eigenvalue weighted by Crippen LogP contribution is -2.38. The summed E-state index contributed by atoms with van der Waals surface area (Å²) in [5.74, 6) is -0.609. The molecule has 0 radical (unpaired) electrons. The van der Waals surface area contributed by atoms with E-state index < -0.39 is 5.97 Å². The van der Waals surface area contributed by atoms with Crippen molar-refractivity contribution in [2.45, 2.75) is 26.2 Å². The van der Waals surface area contributed by atoms with Crippen LogP contribution in [-0.4, -0.2) is 35.0 Å². The molecular weight excluding hydrogens is 278 g/mol. The Morgan fingerprint density at radius 1 is 1.30 bits per heavy atom. The third-order valence-corrected chi connectivity index (χ3v) is 3.87. The summed E-state index contributed by atoms with van der Waals surface area (Å²) in [7, 11) is 0. The van der Waals surface area contributed by atoms with Crippen molar-refractivity contribution in [2.75, 3.05) is 13.1 Å². The number of carboxylic acid groups (broad SMARTS) is 1. The maximum Gasteiger partial charge on any atom is 0.303 e. The lowest BCUT2D eigenvalue weighted by Gasteiger charge is -2.31. The van der Waals surface area contributed by atoms with Crippen molar-refractivity contribution < 1.29 is 14.7 Å². The molecule has 108 valence electrons. The number of hydrogen-bond acceptors (Lipinski definition) is 2. The normalized spacial score (nSPS) is 16.2. The Morgan fingerprint density at radius 2 is 1.95 bits per heavy atom. The zero-order valence-electron chi connectivity index (χ0n) is 11.4. The first-order valence-corrected chi connectivity index (χ1v) is 7.12. The number of carbonyl (C=O) groups is 2. The number of amides is 1. The van der Waals surface area contributed by atoms with Gasteiger partial charge in [0.25, 0.3) is 5.91 Å². The molecule has 1 N–H and O–H groups in total. The molecule has 1 heterocycles. The number of halogens is 1. The lowest BCUT2D eigenvalue weighted by atomic mass is 9.93. The van der Waals surface area contributed by atoms with Gasteiger partial charge in [-0.1, -0.05) is 11.6 Å². The minimum absolute atomic E-state index is 0.0237. The van der Waals surface area contributed by atoms with Gasteiger partial charge in [-0.05, 0) is 49.4 Å². The van der Waals surface area contributed by atoms with E-state index in [0.29, 0.717) is 23.7 Å². The van der Waals surface area contributed by atoms with Gasteiger partial charge >= 0.3 is 5.97 Å². The number of rotatable bonds is 3. The van der Waals surface area contributed by atoms with Gasteiger partial charge in [0.2, 0.25) is 0 Å². The second-order valence-electron chi connectivity index (χ2n) is 5.35. The van der Waals surface area contributed by atoms with E-state index in [1.807, 2.05) is 19.1 Å². The Bertz CT molecular complexity index is 502. The highest BCUT2D eigenvalue weighted by Crippen LogP contribution is 2.23. The van der Waals surface area contributed by atoms with Crippen molar-refractivity contribution in [3.63, 3.8) is 0 Å². The minimum Gasteiger partial charge on any atom is -0.481 e. The summed E-state index contributed by atoms with van der Waals surface area (Å²) in [6, 6.07) is 5.33. The average Bonchev–Trinajstić information content (AvgIpc) is 2.37. The van der Waals surface area contributed by atoms with E-state index in [2.05, 4.69) is 0 Å². The Labute approximate surface area is 123 Å². The fourth-order valence-corrected chi connectivity index (χ4v) is 2.92. The minimum atomic E-state index is -0.764. The molecular formula is C15H18ClNO3. The second-order valence-corrected chi connectivity index (χ2v) is 5.79. The number of carboxylic acids is 1. The van der Waals surface area contributed by atoms with Gasteiger partial charge in [0.1, 0.15) is 0 Å². The molecule has 0 unspecified atom stereocenters. The number of benzene rings is 1. The molecule has 0 aliphatic carbocycles. The first kappa shape index (κ1) is 14.9. The zero-order chi connectivity index (χ0) is 14.7. The van der Waals surface area contributed by atoms with Crippen LogP contribution in [0.25, 0.3) is 0 Å². The molecule has 1 amide bonds. The van der Waals surface area contributed by atoms with Gasteiger partial charge in [0.15, 0.2) is 0 Å². The largest absolute Gasteiger partial charge is 0.481 e. The van der Waals surface area contributed by atoms with Gasteiger partial charge in [-0.25, -0.2) is 0 Å². The van der Waals surface area contributed by atoms with Crippen molar-refractivity contribution in [1.29, 1.82) is 0 Å². The smallest absolute Gasteiger partial charge is 0.303 e. The Morgan fingerprint density at radius 3 is 2.50 bits per heavy atom. The molecule has 2 rings (SSSR count). The van der Waals surface area contributed by atoms with E-state index >= 15 is 0 Å². The monoisotopic (exact) mass is 295 g/mol. The SMILES string of the molecule is Cc1cc(Cl)cc(C(=O)N2CCC(CC(=O)O)CC2)c1. The first-order valence-electron chi connectivity index (χ1n) is 6.74. The molecule has 1 aliphatic heterocycles. The summed E-state index contributed by atoms with van der Waals surface area (Å²) < 4.78 is 0. The third-order valence-electron chi connectivity index (χ3n) is 3.65. The molecule has 4 nitrogen and oxygen atoms in total. The van der Waals surface area contributed by atoms with Crippen LogP contribution >= 0.6 is 11.6 Å². The molecule has 5 heteroatoms. The number of carbonyl (C=O) groups excluding carboxylic acids is 1. The van der Waals surface area contributed by atoms with E-state index in [-0.39, 0.29) is 18.2 Å². The fraction of sp³-hybridized carbons (Fsp3) is 0.467. The van der Waals surface area contributed by atoms with Crippen LogP contribution in [0, 0.1) is 12.8 Å². The molecule has 0 spiro atoms. The summed E-state index contributed by atoms with van der Waals surface area (Å²) in [6.07, 6.45) is 1.69. The van der Waals surface area contributed by atoms with E-state index in [1.165, 1.54) is 0 Å². The van der Waals surface area contributed by atoms with Crippen molar-refractivity contribution in [3.05, 3.63) is 34.3 Å². The van der Waals surface area contributed by atoms with Crippen LogP contribution in [-0.2, 0) is 4.79 Å². The Balaban J connectivity index is 1.99. The van der Waals surface area contributed by atoms with Crippen LogP contribution in [0.5, 0.6) is 0 Å².